The van der Waals surface area contributed by atoms with Crippen molar-refractivity contribution in [2.45, 2.75) is 31.8 Å². The van der Waals surface area contributed by atoms with Crippen molar-refractivity contribution in [2.75, 3.05) is 24.1 Å². The lowest BCUT2D eigenvalue weighted by atomic mass is 10.1. The van der Waals surface area contributed by atoms with E-state index in [0.29, 0.717) is 11.9 Å². The van der Waals surface area contributed by atoms with Gasteiger partial charge in [-0.05, 0) is 37.9 Å². The minimum atomic E-state index is 0.486. The monoisotopic (exact) mass is 301 g/mol. The molecule has 0 bridgehead atoms. The van der Waals surface area contributed by atoms with E-state index in [9.17, 15) is 0 Å². The van der Waals surface area contributed by atoms with Crippen molar-refractivity contribution in [3.05, 3.63) is 30.2 Å². The number of pyridine rings is 1. The Balaban J connectivity index is 1.53. The fourth-order valence-electron chi connectivity index (χ4n) is 2.87. The fourth-order valence-corrected chi connectivity index (χ4v) is 2.87. The molecule has 7 nitrogen and oxygen atoms in total. The van der Waals surface area contributed by atoms with Crippen molar-refractivity contribution in [1.29, 1.82) is 0 Å². The Hall–Kier alpha value is -2.15. The first-order chi connectivity index (χ1) is 10.7. The Morgan fingerprint density at radius 3 is 2.91 bits per heavy atom. The molecule has 7 heteroatoms. The van der Waals surface area contributed by atoms with Gasteiger partial charge in [0.15, 0.2) is 0 Å². The number of anilines is 2. The molecule has 0 radical (unpaired) electrons. The second-order valence-corrected chi connectivity index (χ2v) is 5.87. The minimum absolute atomic E-state index is 0.486. The lowest BCUT2D eigenvalue weighted by molar-refractivity contribution is 0.269. The molecule has 118 valence electrons. The van der Waals surface area contributed by atoms with Gasteiger partial charge in [0.25, 0.3) is 0 Å². The molecule has 1 aliphatic heterocycles. The zero-order valence-corrected chi connectivity index (χ0v) is 12.9. The van der Waals surface area contributed by atoms with Crippen LogP contribution in [0.3, 0.4) is 0 Å². The van der Waals surface area contributed by atoms with Crippen LogP contribution in [0.25, 0.3) is 0 Å². The molecule has 3 N–H and O–H groups in total. The summed E-state index contributed by atoms with van der Waals surface area (Å²) in [6.07, 6.45) is 7.13. The van der Waals surface area contributed by atoms with Crippen LogP contribution in [0.5, 0.6) is 0 Å². The Bertz CT molecular complexity index is 592. The molecule has 0 aliphatic carbocycles. The van der Waals surface area contributed by atoms with Crippen molar-refractivity contribution in [3.63, 3.8) is 0 Å². The molecule has 0 spiro atoms. The number of hydrogen-bond donors (Lipinski definition) is 2. The first-order valence-corrected chi connectivity index (χ1v) is 7.74. The maximum atomic E-state index is 5.62. The number of rotatable bonds is 4. The molecule has 2 aromatic rings. The van der Waals surface area contributed by atoms with Crippen LogP contribution >= 0.6 is 0 Å². The molecule has 1 fully saturated rings. The van der Waals surface area contributed by atoms with Crippen LogP contribution in [-0.2, 0) is 13.6 Å². The van der Waals surface area contributed by atoms with E-state index in [0.717, 1.165) is 37.4 Å². The van der Waals surface area contributed by atoms with E-state index < -0.39 is 0 Å². The number of likely N-dealkylation sites (tertiary alicyclic amines) is 1. The average molecular weight is 301 g/mol. The summed E-state index contributed by atoms with van der Waals surface area (Å²) in [4.78, 5) is 6.60. The van der Waals surface area contributed by atoms with Crippen LogP contribution in [0.2, 0.25) is 0 Å². The van der Waals surface area contributed by atoms with Gasteiger partial charge in [0, 0.05) is 26.2 Å². The maximum absolute atomic E-state index is 5.62. The van der Waals surface area contributed by atoms with Gasteiger partial charge < -0.3 is 11.1 Å². The molecule has 0 amide bonds. The van der Waals surface area contributed by atoms with Gasteiger partial charge in [0.05, 0.1) is 23.8 Å². The Morgan fingerprint density at radius 2 is 2.18 bits per heavy atom. The number of aromatic nitrogens is 4. The molecule has 2 aromatic heterocycles. The van der Waals surface area contributed by atoms with Crippen molar-refractivity contribution < 1.29 is 0 Å². The number of nitrogens with one attached hydrogen (secondary N) is 1. The molecule has 0 aromatic carbocycles. The molecule has 1 unspecified atom stereocenters. The minimum Gasteiger partial charge on any atom is -0.384 e. The topological polar surface area (TPSA) is 84.9 Å². The maximum Gasteiger partial charge on any atom is 0.123 e. The predicted molar refractivity (Wildman–Crippen MR) is 86.2 cm³/mol. The first-order valence-electron chi connectivity index (χ1n) is 7.74. The van der Waals surface area contributed by atoms with Gasteiger partial charge in [-0.3, -0.25) is 9.58 Å². The number of hydrogen-bond acceptors (Lipinski definition) is 6. The molecule has 3 heterocycles. The standard InChI is InChI=1S/C15H23N7/c1-21-14(10-18-20-21)11-22-7-2-3-12(6-8-22)19-13-4-5-15(16)17-9-13/h4-5,9-10,12,19H,2-3,6-8,11H2,1H3,(H2,16,17). The molecule has 1 atom stereocenters. The zero-order chi connectivity index (χ0) is 15.4. The number of nitrogen functional groups attached to an aromatic ring is 1. The van der Waals surface area contributed by atoms with Gasteiger partial charge >= 0.3 is 0 Å². The third-order valence-corrected chi connectivity index (χ3v) is 4.17. The van der Waals surface area contributed by atoms with E-state index in [-0.39, 0.29) is 0 Å². The lowest BCUT2D eigenvalue weighted by Crippen LogP contribution is -2.27. The smallest absolute Gasteiger partial charge is 0.123 e. The van der Waals surface area contributed by atoms with Gasteiger partial charge in [-0.15, -0.1) is 5.10 Å². The highest BCUT2D eigenvalue weighted by Crippen LogP contribution is 2.18. The van der Waals surface area contributed by atoms with Crippen LogP contribution < -0.4 is 11.1 Å². The Labute approximate surface area is 130 Å². The average Bonchev–Trinajstić information content (AvgIpc) is 2.78. The van der Waals surface area contributed by atoms with E-state index in [2.05, 4.69) is 25.5 Å². The summed E-state index contributed by atoms with van der Waals surface area (Å²) in [6.45, 7) is 3.11. The van der Waals surface area contributed by atoms with Crippen LogP contribution in [0, 0.1) is 0 Å². The Kier molecular flexibility index (Phi) is 4.53. The summed E-state index contributed by atoms with van der Waals surface area (Å²) < 4.78 is 1.85. The highest BCUT2D eigenvalue weighted by molar-refractivity contribution is 5.45. The zero-order valence-electron chi connectivity index (χ0n) is 12.9. The van der Waals surface area contributed by atoms with Crippen molar-refractivity contribution in [3.8, 4) is 0 Å². The predicted octanol–water partition coefficient (Wildman–Crippen LogP) is 1.26. The summed E-state index contributed by atoms with van der Waals surface area (Å²) in [7, 11) is 1.94. The van der Waals surface area contributed by atoms with Crippen LogP contribution in [-0.4, -0.2) is 44.0 Å². The largest absolute Gasteiger partial charge is 0.384 e. The summed E-state index contributed by atoms with van der Waals surface area (Å²) in [6, 6.07) is 4.31. The van der Waals surface area contributed by atoms with Gasteiger partial charge in [-0.25, -0.2) is 4.98 Å². The number of aryl methyl sites for hydroxylation is 1. The molecule has 3 rings (SSSR count). The third-order valence-electron chi connectivity index (χ3n) is 4.17. The van der Waals surface area contributed by atoms with Crippen molar-refractivity contribution >= 4 is 11.5 Å². The lowest BCUT2D eigenvalue weighted by Gasteiger charge is -2.20. The van der Waals surface area contributed by atoms with E-state index >= 15 is 0 Å². The molecular formula is C15H23N7. The number of nitrogens with two attached hydrogens (primary N) is 1. The normalized spacial score (nSPS) is 19.8. The molecule has 22 heavy (non-hydrogen) atoms. The van der Waals surface area contributed by atoms with Gasteiger partial charge in [-0.2, -0.15) is 0 Å². The van der Waals surface area contributed by atoms with Crippen LogP contribution in [0.4, 0.5) is 11.5 Å². The van der Waals surface area contributed by atoms with E-state index in [1.807, 2.05) is 30.1 Å². The van der Waals surface area contributed by atoms with E-state index in [1.165, 1.54) is 12.8 Å². The first kappa shape index (κ1) is 14.8. The van der Waals surface area contributed by atoms with E-state index in [1.54, 1.807) is 6.20 Å². The van der Waals surface area contributed by atoms with Crippen molar-refractivity contribution in [2.24, 2.45) is 7.05 Å². The SMILES string of the molecule is Cn1nncc1CN1CCCC(Nc2ccc(N)nc2)CC1. The van der Waals surface area contributed by atoms with Crippen LogP contribution in [0.1, 0.15) is 25.0 Å². The number of nitrogens with zero attached hydrogens (tertiary/aromatic N) is 5. The quantitative estimate of drug-likeness (QED) is 0.884. The summed E-state index contributed by atoms with van der Waals surface area (Å²) >= 11 is 0. The molecule has 0 saturated carbocycles. The molecule has 1 aliphatic rings. The molecule has 1 saturated heterocycles. The highest BCUT2D eigenvalue weighted by atomic mass is 15.4. The summed E-state index contributed by atoms with van der Waals surface area (Å²) in [5.41, 5.74) is 7.83. The van der Waals surface area contributed by atoms with Crippen molar-refractivity contribution in [1.82, 2.24) is 24.9 Å². The van der Waals surface area contributed by atoms with Crippen LogP contribution in [0.15, 0.2) is 24.5 Å². The van der Waals surface area contributed by atoms with E-state index in [4.69, 9.17) is 5.73 Å². The second kappa shape index (κ2) is 6.74. The summed E-state index contributed by atoms with van der Waals surface area (Å²) in [5, 5.41) is 11.5. The van der Waals surface area contributed by atoms with Gasteiger partial charge in [0.1, 0.15) is 5.82 Å². The summed E-state index contributed by atoms with van der Waals surface area (Å²) in [5.74, 6) is 0.558. The highest BCUT2D eigenvalue weighted by Gasteiger charge is 2.18. The third kappa shape index (κ3) is 3.73. The fraction of sp³-hybridized carbons (Fsp3) is 0.533. The van der Waals surface area contributed by atoms with Gasteiger partial charge in [-0.1, -0.05) is 5.21 Å². The van der Waals surface area contributed by atoms with Gasteiger partial charge in [0.2, 0.25) is 0 Å². The molecular weight excluding hydrogens is 278 g/mol. The Morgan fingerprint density at radius 1 is 1.27 bits per heavy atom. The second-order valence-electron chi connectivity index (χ2n) is 5.87.